The van der Waals surface area contributed by atoms with E-state index >= 15 is 0 Å². The lowest BCUT2D eigenvalue weighted by Gasteiger charge is -2.09. The second-order valence-electron chi connectivity index (χ2n) is 3.36. The Labute approximate surface area is 111 Å². The molecular formula is C11H10BrN3O3. The second-order valence-corrected chi connectivity index (χ2v) is 4.22. The molecule has 0 atom stereocenters. The molecule has 2 aromatic rings. The molecule has 0 fully saturated rings. The van der Waals surface area contributed by atoms with Crippen molar-refractivity contribution in [2.45, 2.75) is 0 Å². The standard InChI is InChI=1S/C11H10BrN3O3/c1-17-9-10(16)14-5-15-11(9)18-8-4-6(13)2-3-7(8)12/h2-5H,13H2,1H3,(H,14,15,16). The highest BCUT2D eigenvalue weighted by Crippen LogP contribution is 2.32. The van der Waals surface area contributed by atoms with Crippen molar-refractivity contribution in [1.82, 2.24) is 9.97 Å². The molecule has 0 spiro atoms. The van der Waals surface area contributed by atoms with Gasteiger partial charge in [-0.05, 0) is 28.1 Å². The summed E-state index contributed by atoms with van der Waals surface area (Å²) in [6.45, 7) is 0. The number of nitrogens with zero attached hydrogens (tertiary/aromatic N) is 1. The van der Waals surface area contributed by atoms with Gasteiger partial charge in [0.05, 0.1) is 17.9 Å². The monoisotopic (exact) mass is 311 g/mol. The minimum absolute atomic E-state index is 0.00632. The maximum Gasteiger partial charge on any atom is 0.297 e. The van der Waals surface area contributed by atoms with Crippen molar-refractivity contribution in [1.29, 1.82) is 0 Å². The van der Waals surface area contributed by atoms with Gasteiger partial charge in [-0.15, -0.1) is 0 Å². The van der Waals surface area contributed by atoms with Crippen LogP contribution < -0.4 is 20.8 Å². The van der Waals surface area contributed by atoms with Gasteiger partial charge in [0, 0.05) is 11.8 Å². The Morgan fingerprint density at radius 2 is 2.22 bits per heavy atom. The highest BCUT2D eigenvalue weighted by Gasteiger charge is 2.13. The predicted molar refractivity (Wildman–Crippen MR) is 70.0 cm³/mol. The lowest BCUT2D eigenvalue weighted by atomic mass is 10.3. The van der Waals surface area contributed by atoms with Crippen LogP contribution in [0.25, 0.3) is 0 Å². The molecule has 94 valence electrons. The molecule has 0 radical (unpaired) electrons. The molecule has 1 aromatic carbocycles. The average Bonchev–Trinajstić information content (AvgIpc) is 2.34. The average molecular weight is 312 g/mol. The van der Waals surface area contributed by atoms with E-state index in [2.05, 4.69) is 25.9 Å². The van der Waals surface area contributed by atoms with Gasteiger partial charge in [-0.2, -0.15) is 0 Å². The highest BCUT2D eigenvalue weighted by atomic mass is 79.9. The largest absolute Gasteiger partial charge is 0.487 e. The van der Waals surface area contributed by atoms with Gasteiger partial charge in [0.15, 0.2) is 0 Å². The van der Waals surface area contributed by atoms with Crippen LogP contribution in [0.5, 0.6) is 17.4 Å². The zero-order chi connectivity index (χ0) is 13.1. The fourth-order valence-corrected chi connectivity index (χ4v) is 1.65. The van der Waals surface area contributed by atoms with Crippen molar-refractivity contribution in [3.63, 3.8) is 0 Å². The smallest absolute Gasteiger partial charge is 0.297 e. The number of anilines is 1. The number of benzene rings is 1. The number of nitrogens with two attached hydrogens (primary N) is 1. The number of aromatic amines is 1. The Morgan fingerprint density at radius 3 is 2.94 bits per heavy atom. The summed E-state index contributed by atoms with van der Waals surface area (Å²) in [6.07, 6.45) is 1.24. The van der Waals surface area contributed by atoms with E-state index in [1.807, 2.05) is 0 Å². The van der Waals surface area contributed by atoms with E-state index in [0.717, 1.165) is 0 Å². The van der Waals surface area contributed by atoms with Gasteiger partial charge in [0.1, 0.15) is 5.75 Å². The minimum atomic E-state index is -0.414. The topological polar surface area (TPSA) is 90.2 Å². The van der Waals surface area contributed by atoms with E-state index in [0.29, 0.717) is 15.9 Å². The number of aromatic nitrogens is 2. The van der Waals surface area contributed by atoms with Gasteiger partial charge in [0.25, 0.3) is 11.4 Å². The molecule has 0 aliphatic rings. The van der Waals surface area contributed by atoms with E-state index in [4.69, 9.17) is 15.2 Å². The molecular weight excluding hydrogens is 302 g/mol. The van der Waals surface area contributed by atoms with E-state index < -0.39 is 5.56 Å². The highest BCUT2D eigenvalue weighted by molar-refractivity contribution is 9.10. The SMILES string of the molecule is COc1c(Oc2cc(N)ccc2Br)nc[nH]c1=O. The van der Waals surface area contributed by atoms with Crippen molar-refractivity contribution in [2.24, 2.45) is 0 Å². The number of hydrogen-bond acceptors (Lipinski definition) is 5. The number of nitrogen functional groups attached to an aromatic ring is 1. The third-order valence-electron chi connectivity index (χ3n) is 2.14. The lowest BCUT2D eigenvalue weighted by Crippen LogP contribution is -2.11. The molecule has 0 bridgehead atoms. The van der Waals surface area contributed by atoms with Gasteiger partial charge >= 0.3 is 0 Å². The Hall–Kier alpha value is -2.02. The van der Waals surface area contributed by atoms with E-state index in [1.54, 1.807) is 18.2 Å². The summed E-state index contributed by atoms with van der Waals surface area (Å²) >= 11 is 3.32. The molecule has 0 saturated carbocycles. The summed E-state index contributed by atoms with van der Waals surface area (Å²) in [5.74, 6) is 0.533. The molecule has 1 heterocycles. The van der Waals surface area contributed by atoms with Crippen LogP contribution in [0.15, 0.2) is 33.8 Å². The molecule has 0 aliphatic heterocycles. The first-order valence-corrected chi connectivity index (χ1v) is 5.75. The minimum Gasteiger partial charge on any atom is -0.487 e. The van der Waals surface area contributed by atoms with Crippen LogP contribution in [0.1, 0.15) is 0 Å². The molecule has 1 aromatic heterocycles. The zero-order valence-electron chi connectivity index (χ0n) is 9.44. The number of ether oxygens (including phenoxy) is 2. The summed E-state index contributed by atoms with van der Waals surface area (Å²) in [5.41, 5.74) is 5.79. The summed E-state index contributed by atoms with van der Waals surface area (Å²) in [4.78, 5) is 17.8. The number of halogens is 1. The summed E-state index contributed by atoms with van der Waals surface area (Å²) in [6, 6.07) is 5.08. The molecule has 7 heteroatoms. The van der Waals surface area contributed by atoms with Crippen LogP contribution in [0.3, 0.4) is 0 Å². The van der Waals surface area contributed by atoms with Gasteiger partial charge in [-0.3, -0.25) is 4.79 Å². The number of nitrogens with one attached hydrogen (secondary N) is 1. The molecule has 0 amide bonds. The molecule has 0 unspecified atom stereocenters. The van der Waals surface area contributed by atoms with Crippen molar-refractivity contribution in [2.75, 3.05) is 12.8 Å². The van der Waals surface area contributed by atoms with Gasteiger partial charge < -0.3 is 20.2 Å². The molecule has 0 aliphatic carbocycles. The summed E-state index contributed by atoms with van der Waals surface area (Å²) < 4.78 is 11.1. The molecule has 6 nitrogen and oxygen atoms in total. The number of hydrogen-bond donors (Lipinski definition) is 2. The van der Waals surface area contributed by atoms with Crippen molar-refractivity contribution >= 4 is 21.6 Å². The van der Waals surface area contributed by atoms with Gasteiger partial charge in [-0.1, -0.05) is 0 Å². The van der Waals surface area contributed by atoms with Gasteiger partial charge in [0.2, 0.25) is 5.75 Å². The van der Waals surface area contributed by atoms with Crippen molar-refractivity contribution in [3.8, 4) is 17.4 Å². The quantitative estimate of drug-likeness (QED) is 0.845. The first-order valence-electron chi connectivity index (χ1n) is 4.96. The first kappa shape index (κ1) is 12.4. The van der Waals surface area contributed by atoms with Crippen LogP contribution >= 0.6 is 15.9 Å². The molecule has 3 N–H and O–H groups in total. The lowest BCUT2D eigenvalue weighted by molar-refractivity contribution is 0.362. The van der Waals surface area contributed by atoms with Crippen LogP contribution in [-0.4, -0.2) is 17.1 Å². The Balaban J connectivity index is 2.43. The van der Waals surface area contributed by atoms with E-state index in [1.165, 1.54) is 13.4 Å². The molecule has 18 heavy (non-hydrogen) atoms. The first-order chi connectivity index (χ1) is 8.61. The Kier molecular flexibility index (Phi) is 3.52. The molecule has 2 rings (SSSR count). The fourth-order valence-electron chi connectivity index (χ4n) is 1.33. The number of methoxy groups -OCH3 is 1. The third-order valence-corrected chi connectivity index (χ3v) is 2.80. The van der Waals surface area contributed by atoms with Crippen molar-refractivity contribution in [3.05, 3.63) is 39.4 Å². The predicted octanol–water partition coefficient (Wildman–Crippen LogP) is 1.92. The van der Waals surface area contributed by atoms with E-state index in [9.17, 15) is 4.79 Å². The summed E-state index contributed by atoms with van der Waals surface area (Å²) in [5, 5.41) is 0. The number of rotatable bonds is 3. The third kappa shape index (κ3) is 2.45. The second kappa shape index (κ2) is 5.09. The molecule has 0 saturated heterocycles. The maximum atomic E-state index is 11.5. The van der Waals surface area contributed by atoms with E-state index in [-0.39, 0.29) is 11.6 Å². The van der Waals surface area contributed by atoms with Crippen LogP contribution in [0.2, 0.25) is 0 Å². The fraction of sp³-hybridized carbons (Fsp3) is 0.0909. The van der Waals surface area contributed by atoms with Crippen molar-refractivity contribution < 1.29 is 9.47 Å². The van der Waals surface area contributed by atoms with Gasteiger partial charge in [-0.25, -0.2) is 4.98 Å². The normalized spacial score (nSPS) is 10.1. The Morgan fingerprint density at radius 1 is 1.44 bits per heavy atom. The van der Waals surface area contributed by atoms with Crippen LogP contribution in [0.4, 0.5) is 5.69 Å². The summed E-state index contributed by atoms with van der Waals surface area (Å²) in [7, 11) is 1.37. The van der Waals surface area contributed by atoms with Crippen LogP contribution in [0, 0.1) is 0 Å². The Bertz CT molecular complexity index is 627. The van der Waals surface area contributed by atoms with Crippen LogP contribution in [-0.2, 0) is 0 Å². The maximum absolute atomic E-state index is 11.5. The number of H-pyrrole nitrogens is 1. The zero-order valence-corrected chi connectivity index (χ0v) is 11.0.